The number of carbonyl (C=O) groups excluding carboxylic acids is 2. The van der Waals surface area contributed by atoms with Gasteiger partial charge in [0.05, 0.1) is 17.9 Å². The fourth-order valence-corrected chi connectivity index (χ4v) is 4.32. The standard InChI is InChI=1S/C21H24FN3O5S/c1-24(30-2)31(28,29)19-11-9-18(10-12-19)23-20(26)16-4-3-13-25(14-16)21(27)15-5-7-17(22)8-6-15/h5-12,16H,3-4,13-14H2,1-2H3,(H,23,26). The lowest BCUT2D eigenvalue weighted by molar-refractivity contribution is -0.121. The Hall–Kier alpha value is -2.82. The Balaban J connectivity index is 1.64. The minimum absolute atomic E-state index is 0.0311. The van der Waals surface area contributed by atoms with E-state index in [0.29, 0.717) is 30.6 Å². The highest BCUT2D eigenvalue weighted by Gasteiger charge is 2.29. The van der Waals surface area contributed by atoms with Crippen molar-refractivity contribution >= 4 is 27.5 Å². The van der Waals surface area contributed by atoms with Crippen molar-refractivity contribution in [3.05, 3.63) is 59.9 Å². The van der Waals surface area contributed by atoms with Crippen LogP contribution in [0, 0.1) is 11.7 Å². The van der Waals surface area contributed by atoms with Crippen LogP contribution in [0.25, 0.3) is 0 Å². The number of carbonyl (C=O) groups is 2. The Bertz CT molecular complexity index is 1040. The number of nitrogens with zero attached hydrogens (tertiary/aromatic N) is 2. The van der Waals surface area contributed by atoms with Crippen molar-refractivity contribution in [1.82, 2.24) is 9.37 Å². The number of hydroxylamine groups is 1. The highest BCUT2D eigenvalue weighted by molar-refractivity contribution is 7.89. The summed E-state index contributed by atoms with van der Waals surface area (Å²) in [6, 6.07) is 11.1. The van der Waals surface area contributed by atoms with E-state index >= 15 is 0 Å². The summed E-state index contributed by atoms with van der Waals surface area (Å²) in [4.78, 5) is 31.7. The lowest BCUT2D eigenvalue weighted by atomic mass is 9.96. The van der Waals surface area contributed by atoms with Crippen molar-refractivity contribution in [3.63, 3.8) is 0 Å². The van der Waals surface area contributed by atoms with Crippen LogP contribution in [0.4, 0.5) is 10.1 Å². The maximum atomic E-state index is 13.1. The molecule has 2 aromatic rings. The van der Waals surface area contributed by atoms with E-state index in [2.05, 4.69) is 5.32 Å². The molecule has 1 fully saturated rings. The molecular formula is C21H24FN3O5S. The van der Waals surface area contributed by atoms with Gasteiger partial charge in [-0.25, -0.2) is 12.8 Å². The second-order valence-electron chi connectivity index (χ2n) is 7.21. The molecule has 166 valence electrons. The quantitative estimate of drug-likeness (QED) is 0.684. The molecule has 0 aromatic heterocycles. The van der Waals surface area contributed by atoms with E-state index in [1.165, 1.54) is 62.7 Å². The van der Waals surface area contributed by atoms with Gasteiger partial charge in [0.2, 0.25) is 5.91 Å². The predicted octanol–water partition coefficient (Wildman–Crippen LogP) is 2.50. The third-order valence-electron chi connectivity index (χ3n) is 5.19. The normalized spacial score (nSPS) is 16.9. The van der Waals surface area contributed by atoms with Gasteiger partial charge in [-0.2, -0.15) is 0 Å². The van der Waals surface area contributed by atoms with Crippen LogP contribution in [-0.4, -0.2) is 56.8 Å². The van der Waals surface area contributed by atoms with Crippen molar-refractivity contribution in [3.8, 4) is 0 Å². The summed E-state index contributed by atoms with van der Waals surface area (Å²) < 4.78 is 38.3. The van der Waals surface area contributed by atoms with Crippen LogP contribution >= 0.6 is 0 Å². The number of amides is 2. The number of piperidine rings is 1. The van der Waals surface area contributed by atoms with E-state index in [1.54, 1.807) is 4.90 Å². The molecule has 0 spiro atoms. The van der Waals surface area contributed by atoms with Crippen molar-refractivity contribution < 1.29 is 27.2 Å². The van der Waals surface area contributed by atoms with Gasteiger partial charge in [0.25, 0.3) is 15.9 Å². The van der Waals surface area contributed by atoms with Gasteiger partial charge in [0.15, 0.2) is 0 Å². The third kappa shape index (κ3) is 5.27. The second-order valence-corrected chi connectivity index (χ2v) is 9.14. The number of rotatable bonds is 6. The number of halogens is 1. The highest BCUT2D eigenvalue weighted by Crippen LogP contribution is 2.22. The molecule has 2 aromatic carbocycles. The minimum atomic E-state index is -3.77. The first-order valence-corrected chi connectivity index (χ1v) is 11.1. The Morgan fingerprint density at radius 2 is 1.77 bits per heavy atom. The number of nitrogens with one attached hydrogen (secondary N) is 1. The summed E-state index contributed by atoms with van der Waals surface area (Å²) in [5.41, 5.74) is 0.825. The maximum Gasteiger partial charge on any atom is 0.264 e. The Morgan fingerprint density at radius 1 is 1.13 bits per heavy atom. The highest BCUT2D eigenvalue weighted by atomic mass is 32.2. The number of likely N-dealkylation sites (tertiary alicyclic amines) is 1. The zero-order valence-electron chi connectivity index (χ0n) is 17.2. The van der Waals surface area contributed by atoms with Crippen LogP contribution < -0.4 is 5.32 Å². The van der Waals surface area contributed by atoms with Gasteiger partial charge in [-0.3, -0.25) is 14.4 Å². The molecule has 10 heteroatoms. The molecule has 1 heterocycles. The largest absolute Gasteiger partial charge is 0.338 e. The molecule has 1 unspecified atom stereocenters. The van der Waals surface area contributed by atoms with Crippen LogP contribution in [0.3, 0.4) is 0 Å². The monoisotopic (exact) mass is 449 g/mol. The molecule has 3 rings (SSSR count). The van der Waals surface area contributed by atoms with Gasteiger partial charge in [0, 0.05) is 31.4 Å². The first kappa shape index (κ1) is 22.9. The van der Waals surface area contributed by atoms with Crippen molar-refractivity contribution in [1.29, 1.82) is 0 Å². The van der Waals surface area contributed by atoms with Crippen molar-refractivity contribution in [2.45, 2.75) is 17.7 Å². The van der Waals surface area contributed by atoms with Gasteiger partial charge >= 0.3 is 0 Å². The summed E-state index contributed by atoms with van der Waals surface area (Å²) in [6.07, 6.45) is 1.30. The van der Waals surface area contributed by atoms with Gasteiger partial charge < -0.3 is 10.2 Å². The lowest BCUT2D eigenvalue weighted by Gasteiger charge is -2.32. The summed E-state index contributed by atoms with van der Waals surface area (Å²) in [5, 5.41) is 2.77. The Kier molecular flexibility index (Phi) is 7.04. The molecule has 1 aliphatic heterocycles. The maximum absolute atomic E-state index is 13.1. The lowest BCUT2D eigenvalue weighted by Crippen LogP contribution is -2.43. The van der Waals surface area contributed by atoms with E-state index in [9.17, 15) is 22.4 Å². The SMILES string of the molecule is CON(C)S(=O)(=O)c1ccc(NC(=O)C2CCCN(C(=O)c3ccc(F)cc3)C2)cc1. The molecule has 1 saturated heterocycles. The molecule has 2 amide bonds. The Morgan fingerprint density at radius 3 is 2.39 bits per heavy atom. The second kappa shape index (κ2) is 9.54. The molecule has 1 atom stereocenters. The zero-order chi connectivity index (χ0) is 22.6. The van der Waals surface area contributed by atoms with Gasteiger partial charge in [-0.15, -0.1) is 0 Å². The van der Waals surface area contributed by atoms with Crippen LogP contribution in [-0.2, 0) is 19.7 Å². The summed E-state index contributed by atoms with van der Waals surface area (Å²) in [7, 11) is -1.23. The summed E-state index contributed by atoms with van der Waals surface area (Å²) >= 11 is 0. The van der Waals surface area contributed by atoms with Crippen LogP contribution in [0.2, 0.25) is 0 Å². The molecule has 0 bridgehead atoms. The Labute approximate surface area is 180 Å². The number of sulfonamides is 1. The smallest absolute Gasteiger partial charge is 0.264 e. The molecule has 0 aliphatic carbocycles. The molecule has 1 N–H and O–H groups in total. The molecule has 8 nitrogen and oxygen atoms in total. The van der Waals surface area contributed by atoms with E-state index in [0.717, 1.165) is 4.47 Å². The zero-order valence-corrected chi connectivity index (χ0v) is 18.1. The summed E-state index contributed by atoms with van der Waals surface area (Å²) in [5.74, 6) is -1.31. The van der Waals surface area contributed by atoms with Crippen LogP contribution in [0.15, 0.2) is 53.4 Å². The molecule has 31 heavy (non-hydrogen) atoms. The molecule has 0 saturated carbocycles. The fraction of sp³-hybridized carbons (Fsp3) is 0.333. The van der Waals surface area contributed by atoms with E-state index in [1.807, 2.05) is 0 Å². The molecular weight excluding hydrogens is 425 g/mol. The first-order chi connectivity index (χ1) is 14.7. The van der Waals surface area contributed by atoms with E-state index < -0.39 is 21.8 Å². The average Bonchev–Trinajstić information content (AvgIpc) is 2.79. The number of anilines is 1. The van der Waals surface area contributed by atoms with E-state index in [-0.39, 0.29) is 23.3 Å². The van der Waals surface area contributed by atoms with E-state index in [4.69, 9.17) is 4.84 Å². The van der Waals surface area contributed by atoms with Crippen molar-refractivity contribution in [2.75, 3.05) is 32.6 Å². The summed E-state index contributed by atoms with van der Waals surface area (Å²) in [6.45, 7) is 0.784. The predicted molar refractivity (Wildman–Crippen MR) is 112 cm³/mol. The van der Waals surface area contributed by atoms with Gasteiger partial charge in [-0.1, -0.05) is 4.47 Å². The third-order valence-corrected chi connectivity index (χ3v) is 6.88. The molecule has 1 aliphatic rings. The number of hydrogen-bond acceptors (Lipinski definition) is 5. The van der Waals surface area contributed by atoms with Gasteiger partial charge in [0.1, 0.15) is 5.82 Å². The minimum Gasteiger partial charge on any atom is -0.338 e. The average molecular weight is 450 g/mol. The van der Waals surface area contributed by atoms with Gasteiger partial charge in [-0.05, 0) is 61.4 Å². The topological polar surface area (TPSA) is 96.0 Å². The fourth-order valence-electron chi connectivity index (χ4n) is 3.35. The number of hydrogen-bond donors (Lipinski definition) is 1. The van der Waals surface area contributed by atoms with Crippen LogP contribution in [0.1, 0.15) is 23.2 Å². The van der Waals surface area contributed by atoms with Crippen molar-refractivity contribution in [2.24, 2.45) is 5.92 Å². The van der Waals surface area contributed by atoms with Crippen LogP contribution in [0.5, 0.6) is 0 Å². The first-order valence-electron chi connectivity index (χ1n) is 9.71. The molecule has 0 radical (unpaired) electrons. The number of benzene rings is 2.